The van der Waals surface area contributed by atoms with Crippen molar-refractivity contribution >= 4 is 29.3 Å². The van der Waals surface area contributed by atoms with E-state index in [4.69, 9.17) is 16.2 Å². The van der Waals surface area contributed by atoms with Crippen LogP contribution in [0.3, 0.4) is 0 Å². The molecule has 11 nitrogen and oxygen atoms in total. The number of anilines is 3. The van der Waals surface area contributed by atoms with Gasteiger partial charge >= 0.3 is 6.09 Å². The molecule has 1 aliphatic rings. The minimum Gasteiger partial charge on any atom is -0.445 e. The van der Waals surface area contributed by atoms with Crippen LogP contribution in [0, 0.1) is 0 Å². The Balaban J connectivity index is 1.16. The van der Waals surface area contributed by atoms with Crippen LogP contribution >= 0.6 is 0 Å². The van der Waals surface area contributed by atoms with Crippen LogP contribution in [0.2, 0.25) is 0 Å². The number of nitrogens with one attached hydrogen (secondary N) is 1. The number of nitrogens with two attached hydrogens (primary N) is 2. The Hall–Kier alpha value is -4.90. The average molecular weight is 513 g/mol. The number of ether oxygens (including phenoxy) is 1. The predicted molar refractivity (Wildman–Crippen MR) is 144 cm³/mol. The summed E-state index contributed by atoms with van der Waals surface area (Å²) >= 11 is 0. The van der Waals surface area contributed by atoms with Crippen LogP contribution in [0.15, 0.2) is 85.2 Å². The van der Waals surface area contributed by atoms with Gasteiger partial charge in [0.15, 0.2) is 5.82 Å². The molecule has 0 aliphatic carbocycles. The number of benzene rings is 2. The third kappa shape index (κ3) is 5.57. The highest BCUT2D eigenvalue weighted by molar-refractivity contribution is 6.04. The average Bonchev–Trinajstić information content (AvgIpc) is 3.32. The summed E-state index contributed by atoms with van der Waals surface area (Å²) in [5.74, 6) is 0.545. The molecular formula is C27H28N8O3. The van der Waals surface area contributed by atoms with Crippen LogP contribution in [0.5, 0.6) is 0 Å². The largest absolute Gasteiger partial charge is 0.445 e. The predicted octanol–water partition coefficient (Wildman–Crippen LogP) is 2.85. The van der Waals surface area contributed by atoms with Gasteiger partial charge in [0, 0.05) is 19.3 Å². The van der Waals surface area contributed by atoms with Crippen LogP contribution < -0.4 is 21.7 Å². The molecule has 2 aromatic heterocycles. The van der Waals surface area contributed by atoms with E-state index in [9.17, 15) is 9.59 Å². The molecule has 38 heavy (non-hydrogen) atoms. The van der Waals surface area contributed by atoms with Crippen molar-refractivity contribution in [2.24, 2.45) is 5.73 Å². The maximum Gasteiger partial charge on any atom is 0.411 e. The molecule has 5 N–H and O–H groups in total. The molecule has 3 heterocycles. The number of hydrogen-bond donors (Lipinski definition) is 3. The summed E-state index contributed by atoms with van der Waals surface area (Å²) in [7, 11) is 0. The fraction of sp³-hybridized carbons (Fsp3) is 0.185. The number of piperazine rings is 1. The smallest absolute Gasteiger partial charge is 0.411 e. The molecule has 0 spiro atoms. The van der Waals surface area contributed by atoms with Crippen LogP contribution in [-0.4, -0.2) is 57.5 Å². The Morgan fingerprint density at radius 3 is 2.42 bits per heavy atom. The molecule has 1 fully saturated rings. The topological polar surface area (TPSA) is 145 Å². The molecule has 11 heteroatoms. The highest BCUT2D eigenvalue weighted by Gasteiger charge is 2.29. The van der Waals surface area contributed by atoms with E-state index in [-0.39, 0.29) is 18.3 Å². The highest BCUT2D eigenvalue weighted by Crippen LogP contribution is 2.21. The van der Waals surface area contributed by atoms with E-state index in [1.807, 2.05) is 65.6 Å². The molecule has 194 valence electrons. The first-order valence-corrected chi connectivity index (χ1v) is 12.1. The van der Waals surface area contributed by atoms with Crippen molar-refractivity contribution < 1.29 is 14.3 Å². The van der Waals surface area contributed by atoms with Crippen LogP contribution in [0.25, 0.3) is 5.69 Å². The number of nitrogens with zero attached hydrogens (tertiary/aromatic N) is 5. The number of nitrogen functional groups attached to an aromatic ring is 1. The fourth-order valence-corrected chi connectivity index (χ4v) is 4.13. The minimum atomic E-state index is -0.556. The van der Waals surface area contributed by atoms with E-state index in [1.165, 1.54) is 11.1 Å². The highest BCUT2D eigenvalue weighted by atomic mass is 16.6. The van der Waals surface area contributed by atoms with Gasteiger partial charge in [-0.05, 0) is 29.8 Å². The molecular weight excluding hydrogens is 484 g/mol. The van der Waals surface area contributed by atoms with Crippen molar-refractivity contribution in [1.82, 2.24) is 19.7 Å². The van der Waals surface area contributed by atoms with Crippen molar-refractivity contribution in [3.05, 3.63) is 96.3 Å². The molecule has 1 aliphatic heterocycles. The van der Waals surface area contributed by atoms with Crippen molar-refractivity contribution in [2.75, 3.05) is 35.6 Å². The Morgan fingerprint density at radius 1 is 1.00 bits per heavy atom. The van der Waals surface area contributed by atoms with Gasteiger partial charge in [-0.25, -0.2) is 14.5 Å². The molecule has 1 atom stereocenters. The number of para-hydroxylation sites is 1. The summed E-state index contributed by atoms with van der Waals surface area (Å²) < 4.78 is 7.02. The van der Waals surface area contributed by atoms with Crippen molar-refractivity contribution in [2.45, 2.75) is 12.8 Å². The van der Waals surface area contributed by atoms with Crippen LogP contribution in [0.4, 0.5) is 22.1 Å². The second-order valence-electron chi connectivity index (χ2n) is 8.82. The number of carbonyl (C=O) groups excluding carboxylic acids is 2. The summed E-state index contributed by atoms with van der Waals surface area (Å²) in [6, 6.07) is 22.4. The fourth-order valence-electron chi connectivity index (χ4n) is 4.13. The second-order valence-corrected chi connectivity index (χ2v) is 8.82. The van der Waals surface area contributed by atoms with E-state index in [0.717, 1.165) is 11.3 Å². The first-order valence-electron chi connectivity index (χ1n) is 12.1. The van der Waals surface area contributed by atoms with Gasteiger partial charge in [0.05, 0.1) is 29.7 Å². The van der Waals surface area contributed by atoms with Crippen molar-refractivity contribution in [3.8, 4) is 5.69 Å². The summed E-state index contributed by atoms with van der Waals surface area (Å²) in [6.45, 7) is 1.49. The molecule has 2 amide bonds. The Labute approximate surface area is 219 Å². The first-order chi connectivity index (χ1) is 18.5. The second kappa shape index (κ2) is 11.0. The molecule has 2 aromatic carbocycles. The quantitative estimate of drug-likeness (QED) is 0.358. The number of carbonyl (C=O) groups is 2. The monoisotopic (exact) mass is 512 g/mol. The minimum absolute atomic E-state index is 0.190. The lowest BCUT2D eigenvalue weighted by Crippen LogP contribution is -2.59. The Bertz CT molecular complexity index is 1390. The van der Waals surface area contributed by atoms with E-state index in [0.29, 0.717) is 36.7 Å². The van der Waals surface area contributed by atoms with Gasteiger partial charge in [0.1, 0.15) is 18.6 Å². The summed E-state index contributed by atoms with van der Waals surface area (Å²) in [4.78, 5) is 33.2. The van der Waals surface area contributed by atoms with Gasteiger partial charge in [0.2, 0.25) is 0 Å². The third-order valence-electron chi connectivity index (χ3n) is 6.19. The first kappa shape index (κ1) is 24.8. The molecule has 1 saturated heterocycles. The molecule has 0 unspecified atom stereocenters. The lowest BCUT2D eigenvalue weighted by Gasteiger charge is -2.39. The van der Waals surface area contributed by atoms with Crippen molar-refractivity contribution in [1.29, 1.82) is 0 Å². The normalized spacial score (nSPS) is 15.2. The Morgan fingerprint density at radius 2 is 1.74 bits per heavy atom. The third-order valence-corrected chi connectivity index (χ3v) is 6.19. The number of pyridine rings is 1. The standard InChI is InChI=1S/C27H28N8O3/c28-22-16-35(21-9-5-2-6-10-21)32-25(22)31-26(36)20-11-12-24(30-15-20)33-13-14-34(23(29)17-33)27(37)38-18-19-7-3-1-4-8-19/h1-12,15-16,23H,13-14,17-18,28-29H2,(H,31,32,36)/t23-/m1/s1. The zero-order valence-corrected chi connectivity index (χ0v) is 20.6. The van der Waals surface area contributed by atoms with Crippen LogP contribution in [0.1, 0.15) is 15.9 Å². The summed E-state index contributed by atoms with van der Waals surface area (Å²) in [5, 5.41) is 7.11. The maximum atomic E-state index is 12.8. The molecule has 0 saturated carbocycles. The number of aromatic nitrogens is 3. The van der Waals surface area contributed by atoms with Gasteiger partial charge in [0.25, 0.3) is 5.91 Å². The lowest BCUT2D eigenvalue weighted by molar-refractivity contribution is 0.0772. The van der Waals surface area contributed by atoms with Crippen molar-refractivity contribution in [3.63, 3.8) is 0 Å². The van der Waals surface area contributed by atoms with Crippen LogP contribution in [-0.2, 0) is 11.3 Å². The van der Waals surface area contributed by atoms with E-state index in [1.54, 1.807) is 23.0 Å². The van der Waals surface area contributed by atoms with Gasteiger partial charge in [-0.2, -0.15) is 0 Å². The summed E-state index contributed by atoms with van der Waals surface area (Å²) in [5.41, 5.74) is 14.8. The van der Waals surface area contributed by atoms with Gasteiger partial charge in [-0.3, -0.25) is 9.69 Å². The number of amides is 2. The van der Waals surface area contributed by atoms with Gasteiger partial charge in [-0.1, -0.05) is 48.5 Å². The SMILES string of the molecule is Nc1cn(-c2ccccc2)nc1NC(=O)c1ccc(N2CCN(C(=O)OCc3ccccc3)[C@@H](N)C2)nc1. The van der Waals surface area contributed by atoms with E-state index in [2.05, 4.69) is 15.4 Å². The molecule has 0 bridgehead atoms. The number of rotatable bonds is 6. The van der Waals surface area contributed by atoms with E-state index < -0.39 is 12.3 Å². The Kier molecular flexibility index (Phi) is 7.18. The van der Waals surface area contributed by atoms with Gasteiger partial charge < -0.3 is 26.4 Å². The molecule has 4 aromatic rings. The van der Waals surface area contributed by atoms with E-state index >= 15 is 0 Å². The zero-order chi connectivity index (χ0) is 26.5. The zero-order valence-electron chi connectivity index (χ0n) is 20.6. The number of hydrogen-bond acceptors (Lipinski definition) is 8. The molecule has 0 radical (unpaired) electrons. The molecule has 5 rings (SSSR count). The lowest BCUT2D eigenvalue weighted by atomic mass is 10.2. The maximum absolute atomic E-state index is 12.8. The summed E-state index contributed by atoms with van der Waals surface area (Å²) in [6.07, 6.45) is 2.13. The van der Waals surface area contributed by atoms with Gasteiger partial charge in [-0.15, -0.1) is 5.10 Å².